The van der Waals surface area contributed by atoms with E-state index in [9.17, 15) is 9.59 Å². The molecule has 3 aromatic rings. The summed E-state index contributed by atoms with van der Waals surface area (Å²) in [6, 6.07) is 10.3. The van der Waals surface area contributed by atoms with Gasteiger partial charge in [-0.1, -0.05) is 57.9 Å². The molecule has 44 heavy (non-hydrogen) atoms. The first kappa shape index (κ1) is 31.3. The van der Waals surface area contributed by atoms with Crippen molar-refractivity contribution in [2.24, 2.45) is 5.73 Å². The van der Waals surface area contributed by atoms with Crippen LogP contribution in [-0.2, 0) is 20.9 Å². The largest absolute Gasteiger partial charge is 0.489 e. The van der Waals surface area contributed by atoms with Crippen molar-refractivity contribution in [1.29, 1.82) is 0 Å². The standard InChI is InChI=1S/C32H28Cl3N3O6/c1-3-42-31(40)37-32(15-20(30(39)41-2)13-21(36)16-32)12-11-18-9-10-22(14-26(18)35)43-17-23-28(38-44-29(23)19-7-8-19)27-24(33)5-4-6-25(27)34/h4-6,9-10,13-15,19H,3,7-8,16-17,36H2,1-2H3,(H,37,40). The third-order valence-electron chi connectivity index (χ3n) is 6.96. The molecule has 1 saturated carbocycles. The van der Waals surface area contributed by atoms with Gasteiger partial charge >= 0.3 is 12.1 Å². The number of ether oxygens (including phenoxy) is 3. The molecule has 1 heterocycles. The molecule has 1 unspecified atom stereocenters. The van der Waals surface area contributed by atoms with Gasteiger partial charge in [0.25, 0.3) is 0 Å². The summed E-state index contributed by atoms with van der Waals surface area (Å²) in [4.78, 5) is 24.7. The molecular formula is C32H28Cl3N3O6. The summed E-state index contributed by atoms with van der Waals surface area (Å²) in [5, 5.41) is 8.23. The minimum atomic E-state index is -1.35. The Bertz CT molecular complexity index is 1710. The molecule has 2 aliphatic carbocycles. The van der Waals surface area contributed by atoms with E-state index in [1.165, 1.54) is 19.3 Å². The Morgan fingerprint density at radius 3 is 2.57 bits per heavy atom. The van der Waals surface area contributed by atoms with Crippen LogP contribution in [0.15, 0.2) is 64.3 Å². The van der Waals surface area contributed by atoms with Crippen molar-refractivity contribution in [1.82, 2.24) is 10.5 Å². The van der Waals surface area contributed by atoms with Gasteiger partial charge in [0, 0.05) is 35.2 Å². The lowest BCUT2D eigenvalue weighted by Crippen LogP contribution is -2.48. The number of amides is 1. The van der Waals surface area contributed by atoms with Crippen molar-refractivity contribution in [3.8, 4) is 28.8 Å². The van der Waals surface area contributed by atoms with Crippen LogP contribution in [0, 0.1) is 11.8 Å². The van der Waals surface area contributed by atoms with Gasteiger partial charge in [0.15, 0.2) is 0 Å². The molecule has 1 amide bonds. The van der Waals surface area contributed by atoms with E-state index in [-0.39, 0.29) is 31.1 Å². The normalized spacial score (nSPS) is 17.5. The minimum Gasteiger partial charge on any atom is -0.489 e. The van der Waals surface area contributed by atoms with E-state index >= 15 is 0 Å². The van der Waals surface area contributed by atoms with Crippen LogP contribution in [0.5, 0.6) is 5.75 Å². The van der Waals surface area contributed by atoms with Gasteiger partial charge in [-0.3, -0.25) is 0 Å². The Labute approximate surface area is 269 Å². The molecule has 12 heteroatoms. The van der Waals surface area contributed by atoms with E-state index in [2.05, 4.69) is 22.3 Å². The van der Waals surface area contributed by atoms with Crippen LogP contribution in [0.1, 0.15) is 49.0 Å². The first-order valence-corrected chi connectivity index (χ1v) is 14.9. The van der Waals surface area contributed by atoms with Crippen molar-refractivity contribution in [2.45, 2.75) is 44.2 Å². The predicted octanol–water partition coefficient (Wildman–Crippen LogP) is 6.94. The zero-order chi connectivity index (χ0) is 31.4. The van der Waals surface area contributed by atoms with Crippen molar-refractivity contribution in [3.05, 3.63) is 91.8 Å². The number of alkyl carbamates (subject to hydrolysis) is 1. The summed E-state index contributed by atoms with van der Waals surface area (Å²) in [6.07, 6.45) is 4.36. The maximum Gasteiger partial charge on any atom is 0.408 e. The van der Waals surface area contributed by atoms with Gasteiger partial charge in [-0.05, 0) is 56.2 Å². The topological polar surface area (TPSA) is 126 Å². The Morgan fingerprint density at radius 2 is 1.91 bits per heavy atom. The van der Waals surface area contributed by atoms with E-state index in [4.69, 9.17) is 59.3 Å². The van der Waals surface area contributed by atoms with Crippen molar-refractivity contribution < 1.29 is 28.3 Å². The summed E-state index contributed by atoms with van der Waals surface area (Å²) in [5.74, 6) is 6.90. The molecule has 1 fully saturated rings. The van der Waals surface area contributed by atoms with Gasteiger partial charge in [-0.25, -0.2) is 9.59 Å². The number of carbonyl (C=O) groups excluding carboxylic acids is 2. The van der Waals surface area contributed by atoms with E-state index in [1.807, 2.05) is 0 Å². The number of hydrogen-bond donors (Lipinski definition) is 2. The van der Waals surface area contributed by atoms with Gasteiger partial charge in [0.2, 0.25) is 0 Å². The first-order chi connectivity index (χ1) is 21.1. The molecule has 0 spiro atoms. The number of benzene rings is 2. The van der Waals surface area contributed by atoms with Crippen molar-refractivity contribution in [2.75, 3.05) is 13.7 Å². The molecule has 9 nitrogen and oxygen atoms in total. The third-order valence-corrected chi connectivity index (χ3v) is 7.90. The maximum atomic E-state index is 12.4. The number of nitrogens with one attached hydrogen (secondary N) is 1. The zero-order valence-electron chi connectivity index (χ0n) is 23.8. The van der Waals surface area contributed by atoms with Crippen molar-refractivity contribution >= 4 is 46.9 Å². The average Bonchev–Trinajstić information content (AvgIpc) is 3.74. The van der Waals surface area contributed by atoms with E-state index < -0.39 is 17.6 Å². The number of rotatable bonds is 8. The summed E-state index contributed by atoms with van der Waals surface area (Å²) < 4.78 is 21.7. The molecule has 0 aliphatic heterocycles. The molecule has 3 N–H and O–H groups in total. The number of carbonyl (C=O) groups is 2. The monoisotopic (exact) mass is 655 g/mol. The Kier molecular flexibility index (Phi) is 9.45. The number of methoxy groups -OCH3 is 1. The van der Waals surface area contributed by atoms with Gasteiger partial charge < -0.3 is 29.8 Å². The highest BCUT2D eigenvalue weighted by molar-refractivity contribution is 6.39. The van der Waals surface area contributed by atoms with Crippen molar-refractivity contribution in [3.63, 3.8) is 0 Å². The number of hydrogen-bond acceptors (Lipinski definition) is 8. The molecule has 2 aliphatic rings. The highest BCUT2D eigenvalue weighted by atomic mass is 35.5. The molecule has 1 atom stereocenters. The zero-order valence-corrected chi connectivity index (χ0v) is 26.1. The quantitative estimate of drug-likeness (QED) is 0.197. The molecule has 0 bridgehead atoms. The first-order valence-electron chi connectivity index (χ1n) is 13.7. The Balaban J connectivity index is 1.41. The van der Waals surface area contributed by atoms with E-state index in [1.54, 1.807) is 43.3 Å². The fourth-order valence-electron chi connectivity index (χ4n) is 4.78. The van der Waals surface area contributed by atoms with Crippen LogP contribution in [0.25, 0.3) is 11.3 Å². The molecular weight excluding hydrogens is 629 g/mol. The Morgan fingerprint density at radius 1 is 1.16 bits per heavy atom. The maximum absolute atomic E-state index is 12.4. The number of aromatic nitrogens is 1. The molecule has 2 aromatic carbocycles. The fraction of sp³-hybridized carbons (Fsp3) is 0.281. The molecule has 0 radical (unpaired) electrons. The predicted molar refractivity (Wildman–Crippen MR) is 166 cm³/mol. The van der Waals surface area contributed by atoms with Crippen LogP contribution in [0.4, 0.5) is 4.79 Å². The van der Waals surface area contributed by atoms with Gasteiger partial charge in [-0.15, -0.1) is 0 Å². The number of esters is 1. The number of nitrogens with two attached hydrogens (primary N) is 1. The summed E-state index contributed by atoms with van der Waals surface area (Å²) in [7, 11) is 1.25. The summed E-state index contributed by atoms with van der Waals surface area (Å²) >= 11 is 19.6. The molecule has 5 rings (SSSR count). The summed E-state index contributed by atoms with van der Waals surface area (Å²) in [6.45, 7) is 1.97. The molecule has 228 valence electrons. The van der Waals surface area contributed by atoms with Gasteiger partial charge in [-0.2, -0.15) is 0 Å². The third kappa shape index (κ3) is 6.99. The number of nitrogens with zero attached hydrogens (tertiary/aromatic N) is 1. The van der Waals surface area contributed by atoms with Gasteiger partial charge in [0.1, 0.15) is 29.3 Å². The second kappa shape index (κ2) is 13.3. The SMILES string of the molecule is CCOC(=O)NC1(C#Cc2ccc(OCc3c(-c4c(Cl)cccc4Cl)noc3C3CC3)cc2Cl)C=C(C(=O)OC)C=C(N)C1. The van der Waals surface area contributed by atoms with Crippen LogP contribution in [0.2, 0.25) is 15.1 Å². The van der Waals surface area contributed by atoms with Gasteiger partial charge in [0.05, 0.1) is 39.9 Å². The number of halogens is 3. The van der Waals surface area contributed by atoms with Crippen LogP contribution in [0.3, 0.4) is 0 Å². The molecule has 0 saturated heterocycles. The lowest BCUT2D eigenvalue weighted by molar-refractivity contribution is -0.135. The van der Waals surface area contributed by atoms with Crippen LogP contribution < -0.4 is 15.8 Å². The van der Waals surface area contributed by atoms with E-state index in [0.29, 0.717) is 43.3 Å². The smallest absolute Gasteiger partial charge is 0.408 e. The highest BCUT2D eigenvalue weighted by Crippen LogP contribution is 2.46. The lowest BCUT2D eigenvalue weighted by Gasteiger charge is -2.29. The van der Waals surface area contributed by atoms with Crippen LogP contribution in [-0.4, -0.2) is 36.5 Å². The second-order valence-electron chi connectivity index (χ2n) is 10.2. The Hall–Kier alpha value is -4.10. The van der Waals surface area contributed by atoms with Crippen LogP contribution >= 0.6 is 34.8 Å². The second-order valence-corrected chi connectivity index (χ2v) is 11.5. The molecule has 1 aromatic heterocycles. The fourth-order valence-corrected chi connectivity index (χ4v) is 5.57. The van der Waals surface area contributed by atoms with E-state index in [0.717, 1.165) is 24.2 Å². The highest BCUT2D eigenvalue weighted by Gasteiger charge is 2.35. The summed E-state index contributed by atoms with van der Waals surface area (Å²) in [5.41, 5.74) is 7.59. The minimum absolute atomic E-state index is 0.109. The lowest BCUT2D eigenvalue weighted by atomic mass is 9.86. The average molecular weight is 657 g/mol.